The monoisotopic (exact) mass is 531 g/mol. The van der Waals surface area contributed by atoms with E-state index < -0.39 is 29.9 Å². The summed E-state index contributed by atoms with van der Waals surface area (Å²) in [7, 11) is 0. The van der Waals surface area contributed by atoms with E-state index in [1.165, 1.54) is 39.0 Å². The molecule has 0 bridgehead atoms. The molecule has 0 aromatic rings. The Morgan fingerprint density at radius 2 is 1.68 bits per heavy atom. The van der Waals surface area contributed by atoms with Gasteiger partial charge in [0.25, 0.3) is 0 Å². The molecule has 1 heterocycles. The summed E-state index contributed by atoms with van der Waals surface area (Å²) in [4.78, 5) is 12.0. The van der Waals surface area contributed by atoms with Gasteiger partial charge in [-0.3, -0.25) is 4.79 Å². The molecule has 5 saturated carbocycles. The Labute approximate surface area is 229 Å². The number of hydrogen-bond acceptors (Lipinski definition) is 6. The van der Waals surface area contributed by atoms with E-state index in [9.17, 15) is 15.0 Å². The molecule has 2 spiro atoms. The number of nitrogens with two attached hydrogens (primary N) is 1. The fourth-order valence-corrected chi connectivity index (χ4v) is 12.4. The van der Waals surface area contributed by atoms with E-state index in [-0.39, 0.29) is 34.3 Å². The Hall–Kier alpha value is -0.690. The number of rotatable bonds is 3. The Kier molecular flexibility index (Phi) is 5.77. The van der Waals surface area contributed by atoms with Crippen molar-refractivity contribution in [1.29, 1.82) is 0 Å². The van der Waals surface area contributed by atoms with Crippen LogP contribution in [0.15, 0.2) is 0 Å². The lowest BCUT2D eigenvalue weighted by Gasteiger charge is -2.63. The molecule has 0 aromatic heterocycles. The average molecular weight is 532 g/mol. The van der Waals surface area contributed by atoms with Gasteiger partial charge in [-0.1, -0.05) is 34.6 Å². The molecule has 0 radical (unpaired) electrons. The second kappa shape index (κ2) is 7.98. The van der Waals surface area contributed by atoms with Crippen LogP contribution in [0.4, 0.5) is 0 Å². The SMILES string of the molecule is CC(=O)O[C@@H]([C@H]1C[C@@H](C)C2C(O1)[C@H](O)[C@@]1(C)[C@@H]3CC[C@H]4C(C)(C)[C@H](N)CC[C@@]45C[C@@]35CC[C@]21C)C(C)(C)O. The lowest BCUT2D eigenvalue weighted by Crippen LogP contribution is -2.60. The number of ether oxygens (including phenoxy) is 2. The van der Waals surface area contributed by atoms with E-state index >= 15 is 0 Å². The predicted molar refractivity (Wildman–Crippen MR) is 146 cm³/mol. The smallest absolute Gasteiger partial charge is 0.303 e. The molecular weight excluding hydrogens is 478 g/mol. The topological polar surface area (TPSA) is 102 Å². The second-order valence-corrected chi connectivity index (χ2v) is 16.3. The summed E-state index contributed by atoms with van der Waals surface area (Å²) in [5, 5.41) is 23.3. The Balaban J connectivity index is 1.35. The molecule has 38 heavy (non-hydrogen) atoms. The number of aliphatic hydroxyl groups excluding tert-OH is 1. The first kappa shape index (κ1) is 27.5. The van der Waals surface area contributed by atoms with Crippen LogP contribution in [0, 0.1) is 50.7 Å². The summed E-state index contributed by atoms with van der Waals surface area (Å²) in [6.45, 7) is 16.7. The van der Waals surface area contributed by atoms with Gasteiger partial charge in [-0.15, -0.1) is 0 Å². The largest absolute Gasteiger partial charge is 0.457 e. The molecule has 0 amide bonds. The molecule has 13 atom stereocenters. The lowest BCUT2D eigenvalue weighted by atomic mass is 9.41. The predicted octanol–water partition coefficient (Wildman–Crippen LogP) is 4.83. The van der Waals surface area contributed by atoms with Crippen molar-refractivity contribution in [2.75, 3.05) is 0 Å². The molecule has 6 aliphatic rings. The van der Waals surface area contributed by atoms with E-state index in [1.54, 1.807) is 13.8 Å². The molecule has 6 nitrogen and oxygen atoms in total. The van der Waals surface area contributed by atoms with Gasteiger partial charge >= 0.3 is 5.97 Å². The van der Waals surface area contributed by atoms with Gasteiger partial charge in [-0.25, -0.2) is 0 Å². The molecule has 5 aliphatic carbocycles. The van der Waals surface area contributed by atoms with Gasteiger partial charge in [0.1, 0.15) is 0 Å². The molecule has 6 heteroatoms. The van der Waals surface area contributed by atoms with Crippen molar-refractivity contribution < 1.29 is 24.5 Å². The highest BCUT2D eigenvalue weighted by molar-refractivity contribution is 5.66. The third-order valence-corrected chi connectivity index (χ3v) is 14.3. The van der Waals surface area contributed by atoms with E-state index in [4.69, 9.17) is 15.2 Å². The standard InChI is InChI=1S/C32H53NO5/c1-17-15-19(26(28(5,6)36)37-18(2)34)38-24-23(17)29(7)13-14-32-16-31(32)12-11-22(33)27(3,4)20(31)9-10-21(32)30(29,8)25(24)35/h17,19-26,35-36H,9-16,33H2,1-8H3/t17-,19-,20+,21+,22-,23?,24?,25+,26+,29-,30-,31-,32+/m1/s1. The molecule has 2 unspecified atom stereocenters. The maximum Gasteiger partial charge on any atom is 0.303 e. The fourth-order valence-electron chi connectivity index (χ4n) is 12.4. The first-order chi connectivity index (χ1) is 17.5. The van der Waals surface area contributed by atoms with Gasteiger partial charge < -0.3 is 25.4 Å². The van der Waals surface area contributed by atoms with E-state index in [0.717, 1.165) is 19.3 Å². The van der Waals surface area contributed by atoms with Crippen molar-refractivity contribution in [2.24, 2.45) is 56.5 Å². The second-order valence-electron chi connectivity index (χ2n) is 16.3. The van der Waals surface area contributed by atoms with Crippen LogP contribution in [0.2, 0.25) is 0 Å². The third-order valence-electron chi connectivity index (χ3n) is 14.3. The summed E-state index contributed by atoms with van der Waals surface area (Å²) in [5.74, 6) is 1.30. The summed E-state index contributed by atoms with van der Waals surface area (Å²) in [5.41, 5.74) is 6.12. The number of esters is 1. The van der Waals surface area contributed by atoms with E-state index in [0.29, 0.717) is 28.6 Å². The first-order valence-electron chi connectivity index (χ1n) is 15.5. The molecule has 6 rings (SSSR count). The molecule has 1 aliphatic heterocycles. The highest BCUT2D eigenvalue weighted by Gasteiger charge is 2.84. The zero-order chi connectivity index (χ0) is 27.8. The quantitative estimate of drug-likeness (QED) is 0.451. The Morgan fingerprint density at radius 3 is 2.32 bits per heavy atom. The Morgan fingerprint density at radius 1 is 1.05 bits per heavy atom. The maximum atomic E-state index is 12.3. The normalized spacial score (nSPS) is 55.4. The van der Waals surface area contributed by atoms with Crippen molar-refractivity contribution in [3.8, 4) is 0 Å². The molecule has 216 valence electrons. The molecule has 6 fully saturated rings. The fraction of sp³-hybridized carbons (Fsp3) is 0.969. The zero-order valence-electron chi connectivity index (χ0n) is 25.0. The van der Waals surface area contributed by atoms with Crippen LogP contribution < -0.4 is 5.73 Å². The number of carbonyl (C=O) groups excluding carboxylic acids is 1. The van der Waals surface area contributed by atoms with Gasteiger partial charge in [0.05, 0.1) is 23.9 Å². The van der Waals surface area contributed by atoms with Crippen LogP contribution in [0.5, 0.6) is 0 Å². The minimum atomic E-state index is -1.23. The van der Waals surface area contributed by atoms with Gasteiger partial charge in [-0.05, 0) is 111 Å². The van der Waals surface area contributed by atoms with Crippen LogP contribution in [0.3, 0.4) is 0 Å². The van der Waals surface area contributed by atoms with Crippen molar-refractivity contribution >= 4 is 5.97 Å². The van der Waals surface area contributed by atoms with Gasteiger partial charge in [0.15, 0.2) is 6.10 Å². The van der Waals surface area contributed by atoms with Crippen molar-refractivity contribution in [2.45, 2.75) is 143 Å². The molecule has 1 saturated heterocycles. The van der Waals surface area contributed by atoms with E-state index in [1.807, 2.05) is 0 Å². The minimum absolute atomic E-state index is 0.0136. The zero-order valence-corrected chi connectivity index (χ0v) is 25.0. The van der Waals surface area contributed by atoms with Crippen LogP contribution >= 0.6 is 0 Å². The number of aliphatic hydroxyl groups is 2. The minimum Gasteiger partial charge on any atom is -0.457 e. The first-order valence-corrected chi connectivity index (χ1v) is 15.5. The van der Waals surface area contributed by atoms with Gasteiger partial charge in [-0.2, -0.15) is 0 Å². The number of hydrogen-bond donors (Lipinski definition) is 3. The highest BCUT2D eigenvalue weighted by Crippen LogP contribution is 2.89. The van der Waals surface area contributed by atoms with Crippen LogP contribution in [0.25, 0.3) is 0 Å². The van der Waals surface area contributed by atoms with Crippen molar-refractivity contribution in [3.05, 3.63) is 0 Å². The van der Waals surface area contributed by atoms with Gasteiger partial charge in [0, 0.05) is 18.4 Å². The summed E-state index contributed by atoms with van der Waals surface area (Å²) < 4.78 is 12.4. The lowest BCUT2D eigenvalue weighted by molar-refractivity contribution is -0.216. The number of carbonyl (C=O) groups is 1. The number of fused-ring (bicyclic) bond motifs is 4. The van der Waals surface area contributed by atoms with Crippen LogP contribution in [-0.4, -0.2) is 52.2 Å². The maximum absolute atomic E-state index is 12.3. The highest BCUT2D eigenvalue weighted by atomic mass is 16.6. The average Bonchev–Trinajstić information content (AvgIpc) is 3.44. The van der Waals surface area contributed by atoms with Crippen LogP contribution in [0.1, 0.15) is 107 Å². The Bertz CT molecular complexity index is 1010. The van der Waals surface area contributed by atoms with Gasteiger partial charge in [0.2, 0.25) is 0 Å². The summed E-state index contributed by atoms with van der Waals surface area (Å²) >= 11 is 0. The molecule has 0 aromatic carbocycles. The van der Waals surface area contributed by atoms with Crippen LogP contribution in [-0.2, 0) is 14.3 Å². The van der Waals surface area contributed by atoms with Crippen molar-refractivity contribution in [1.82, 2.24) is 0 Å². The van der Waals surface area contributed by atoms with E-state index in [2.05, 4.69) is 34.6 Å². The molecule has 4 N–H and O–H groups in total. The summed E-state index contributed by atoms with van der Waals surface area (Å²) in [6.07, 6.45) is 7.10. The third kappa shape index (κ3) is 3.13. The van der Waals surface area contributed by atoms with Crippen molar-refractivity contribution in [3.63, 3.8) is 0 Å². The summed E-state index contributed by atoms with van der Waals surface area (Å²) in [6, 6.07) is 0.281. The molecular formula is C32H53NO5.